The van der Waals surface area contributed by atoms with Crippen LogP contribution in [-0.2, 0) is 0 Å². The third-order valence-electron chi connectivity index (χ3n) is 1.48. The van der Waals surface area contributed by atoms with Crippen LogP contribution < -0.4 is 9.47 Å². The van der Waals surface area contributed by atoms with Crippen molar-refractivity contribution in [1.82, 2.24) is 0 Å². The lowest BCUT2D eigenvalue weighted by Crippen LogP contribution is -2.25. The van der Waals surface area contributed by atoms with Crippen molar-refractivity contribution in [2.45, 2.75) is 11.2 Å². The first kappa shape index (κ1) is 8.96. The molecule has 1 aromatic carbocycles. The van der Waals surface area contributed by atoms with Gasteiger partial charge in [-0.3, -0.25) is 0 Å². The zero-order valence-electron chi connectivity index (χ0n) is 6.16. The second kappa shape index (κ2) is 2.95. The van der Waals surface area contributed by atoms with Crippen LogP contribution >= 0.6 is 22.5 Å². The third-order valence-corrected chi connectivity index (χ3v) is 2.58. The molecule has 0 bridgehead atoms. The number of benzene rings is 1. The average Bonchev–Trinajstić information content (AvgIpc) is 2.36. The van der Waals surface area contributed by atoms with Gasteiger partial charge in [0.05, 0.1) is 0 Å². The molecule has 1 aliphatic heterocycles. The van der Waals surface area contributed by atoms with E-state index in [0.717, 1.165) is 15.7 Å². The summed E-state index contributed by atoms with van der Waals surface area (Å²) in [6.45, 7) is 0. The highest BCUT2D eigenvalue weighted by atomic mass is 33.1. The molecule has 0 aromatic heterocycles. The van der Waals surface area contributed by atoms with E-state index in [2.05, 4.69) is 21.1 Å². The summed E-state index contributed by atoms with van der Waals surface area (Å²) in [5.74, 6) is 0.0974. The number of thiol groups is 1. The molecule has 0 aliphatic carbocycles. The fraction of sp³-hybridized carbons (Fsp3) is 0.143. The molecule has 0 radical (unpaired) electrons. The molecule has 6 heteroatoms. The van der Waals surface area contributed by atoms with Gasteiger partial charge in [-0.15, -0.1) is 20.4 Å². The molecule has 0 N–H and O–H groups in total. The van der Waals surface area contributed by atoms with Crippen LogP contribution in [0.15, 0.2) is 23.1 Å². The van der Waals surface area contributed by atoms with E-state index in [0.29, 0.717) is 0 Å². The molecule has 2 nitrogen and oxygen atoms in total. The Kier molecular flexibility index (Phi) is 2.03. The van der Waals surface area contributed by atoms with Gasteiger partial charge in [-0.05, 0) is 18.2 Å². The van der Waals surface area contributed by atoms with Gasteiger partial charge in [0.1, 0.15) is 0 Å². The van der Waals surface area contributed by atoms with E-state index in [1.807, 2.05) is 0 Å². The van der Waals surface area contributed by atoms with Gasteiger partial charge in [-0.2, -0.15) is 0 Å². The summed E-state index contributed by atoms with van der Waals surface area (Å²) in [6, 6.07) is 4.50. The van der Waals surface area contributed by atoms with E-state index in [1.165, 1.54) is 12.1 Å². The summed E-state index contributed by atoms with van der Waals surface area (Å²) in [7, 11) is 1.15. The Morgan fingerprint density at radius 2 is 1.92 bits per heavy atom. The molecule has 2 rings (SSSR count). The van der Waals surface area contributed by atoms with E-state index in [-0.39, 0.29) is 11.5 Å². The lowest BCUT2D eigenvalue weighted by molar-refractivity contribution is -0.286. The normalized spacial score (nSPS) is 17.5. The molecule has 0 fully saturated rings. The van der Waals surface area contributed by atoms with E-state index in [9.17, 15) is 8.78 Å². The van der Waals surface area contributed by atoms with E-state index < -0.39 is 6.29 Å². The minimum absolute atomic E-state index is 0.0454. The summed E-state index contributed by atoms with van der Waals surface area (Å²) >= 11 is 3.93. The Balaban J connectivity index is 2.36. The average molecular weight is 222 g/mol. The van der Waals surface area contributed by atoms with Crippen molar-refractivity contribution in [3.05, 3.63) is 18.2 Å². The van der Waals surface area contributed by atoms with Crippen molar-refractivity contribution < 1.29 is 18.3 Å². The molecule has 1 aromatic rings. The number of ether oxygens (including phenoxy) is 2. The highest BCUT2D eigenvalue weighted by molar-refractivity contribution is 8.68. The van der Waals surface area contributed by atoms with Gasteiger partial charge in [0.2, 0.25) is 0 Å². The predicted molar refractivity (Wildman–Crippen MR) is 47.5 cm³/mol. The number of rotatable bonds is 1. The van der Waals surface area contributed by atoms with Gasteiger partial charge in [0.15, 0.2) is 11.5 Å². The minimum atomic E-state index is -3.54. The zero-order valence-corrected chi connectivity index (χ0v) is 7.87. The van der Waals surface area contributed by atoms with Crippen LogP contribution in [0, 0.1) is 0 Å². The molecule has 1 aliphatic rings. The van der Waals surface area contributed by atoms with Gasteiger partial charge in [-0.1, -0.05) is 10.8 Å². The molecular weight excluding hydrogens is 218 g/mol. The first-order chi connectivity index (χ1) is 6.11. The summed E-state index contributed by atoms with van der Waals surface area (Å²) in [5, 5.41) is 0. The van der Waals surface area contributed by atoms with Crippen LogP contribution in [0.5, 0.6) is 11.5 Å². The standard InChI is InChI=1S/C7H4F2O2S2/c8-7(9)10-5-2-1-4(13-12)3-6(5)11-7/h1-3,12H. The molecular formula is C7H4F2O2S2. The minimum Gasteiger partial charge on any atom is -0.395 e. The molecule has 0 spiro atoms. The van der Waals surface area contributed by atoms with Crippen molar-refractivity contribution in [1.29, 1.82) is 0 Å². The summed E-state index contributed by atoms with van der Waals surface area (Å²) in [5.41, 5.74) is 0. The van der Waals surface area contributed by atoms with Crippen molar-refractivity contribution in [2.24, 2.45) is 0 Å². The summed E-state index contributed by atoms with van der Waals surface area (Å²) in [4.78, 5) is 0.725. The second-order valence-electron chi connectivity index (χ2n) is 2.37. The number of alkyl halides is 2. The molecule has 0 unspecified atom stereocenters. The molecule has 0 atom stereocenters. The largest absolute Gasteiger partial charge is 0.586 e. The Morgan fingerprint density at radius 3 is 2.62 bits per heavy atom. The Morgan fingerprint density at radius 1 is 1.23 bits per heavy atom. The van der Waals surface area contributed by atoms with Crippen LogP contribution in [0.4, 0.5) is 8.78 Å². The van der Waals surface area contributed by atoms with Gasteiger partial charge < -0.3 is 9.47 Å². The smallest absolute Gasteiger partial charge is 0.395 e. The number of fused-ring (bicyclic) bond motifs is 1. The van der Waals surface area contributed by atoms with Crippen LogP contribution in [0.1, 0.15) is 0 Å². The van der Waals surface area contributed by atoms with Crippen molar-refractivity contribution in [3.63, 3.8) is 0 Å². The maximum atomic E-state index is 12.5. The topological polar surface area (TPSA) is 18.5 Å². The quantitative estimate of drug-likeness (QED) is 0.582. The lowest BCUT2D eigenvalue weighted by Gasteiger charge is -2.04. The maximum absolute atomic E-state index is 12.5. The fourth-order valence-corrected chi connectivity index (χ4v) is 1.62. The number of halogens is 2. The molecule has 70 valence electrons. The van der Waals surface area contributed by atoms with Crippen LogP contribution in [-0.4, -0.2) is 6.29 Å². The van der Waals surface area contributed by atoms with Gasteiger partial charge in [0.25, 0.3) is 0 Å². The number of hydrogen-bond acceptors (Lipinski definition) is 4. The van der Waals surface area contributed by atoms with E-state index >= 15 is 0 Å². The molecule has 13 heavy (non-hydrogen) atoms. The Hall–Kier alpha value is -0.620. The first-order valence-electron chi connectivity index (χ1n) is 3.32. The monoisotopic (exact) mass is 222 g/mol. The van der Waals surface area contributed by atoms with Crippen molar-refractivity contribution in [2.75, 3.05) is 0 Å². The Bertz CT molecular complexity index is 343. The zero-order chi connectivity index (χ0) is 9.47. The molecule has 0 amide bonds. The first-order valence-corrected chi connectivity index (χ1v) is 5.19. The SMILES string of the molecule is FC1(F)Oc2ccc(SS)cc2O1. The van der Waals surface area contributed by atoms with Crippen LogP contribution in [0.25, 0.3) is 0 Å². The summed E-state index contributed by atoms with van der Waals surface area (Å²) in [6.07, 6.45) is -3.54. The lowest BCUT2D eigenvalue weighted by atomic mass is 10.3. The molecule has 0 saturated carbocycles. The third kappa shape index (κ3) is 1.68. The maximum Gasteiger partial charge on any atom is 0.586 e. The van der Waals surface area contributed by atoms with E-state index in [4.69, 9.17) is 0 Å². The highest BCUT2D eigenvalue weighted by Gasteiger charge is 2.43. The highest BCUT2D eigenvalue weighted by Crippen LogP contribution is 2.42. The fourth-order valence-electron chi connectivity index (χ4n) is 0.986. The van der Waals surface area contributed by atoms with Crippen LogP contribution in [0.3, 0.4) is 0 Å². The van der Waals surface area contributed by atoms with Gasteiger partial charge in [-0.25, -0.2) is 0 Å². The Labute approximate surface area is 82.0 Å². The van der Waals surface area contributed by atoms with Gasteiger partial charge >= 0.3 is 6.29 Å². The van der Waals surface area contributed by atoms with E-state index in [1.54, 1.807) is 6.07 Å². The number of hydrogen-bond donors (Lipinski definition) is 1. The van der Waals surface area contributed by atoms with Crippen molar-refractivity contribution >= 4 is 22.5 Å². The van der Waals surface area contributed by atoms with Crippen molar-refractivity contribution in [3.8, 4) is 11.5 Å². The van der Waals surface area contributed by atoms with Crippen LogP contribution in [0.2, 0.25) is 0 Å². The van der Waals surface area contributed by atoms with Gasteiger partial charge in [0, 0.05) is 4.90 Å². The predicted octanol–water partition coefficient (Wildman–Crippen LogP) is 2.95. The molecule has 0 saturated heterocycles. The summed E-state index contributed by atoms with van der Waals surface area (Å²) < 4.78 is 33.4. The second-order valence-corrected chi connectivity index (χ2v) is 3.57. The molecule has 1 heterocycles.